The highest BCUT2D eigenvalue weighted by Gasteiger charge is 2.28. The number of nitrogens with one attached hydrogen (secondary N) is 1. The Morgan fingerprint density at radius 1 is 1.07 bits per heavy atom. The van der Waals surface area contributed by atoms with E-state index in [2.05, 4.69) is 20.1 Å². The van der Waals surface area contributed by atoms with Crippen molar-refractivity contribution in [3.63, 3.8) is 0 Å². The Balaban J connectivity index is 1.29. The smallest absolute Gasteiger partial charge is 0.253 e. The predicted octanol–water partition coefficient (Wildman–Crippen LogP) is 1.83. The van der Waals surface area contributed by atoms with Crippen LogP contribution in [0.1, 0.15) is 47.7 Å². The molecular formula is C21H27N5O2. The maximum atomic E-state index is 12.7. The average molecular weight is 381 g/mol. The first-order valence-corrected chi connectivity index (χ1v) is 10.3. The van der Waals surface area contributed by atoms with Crippen molar-refractivity contribution >= 4 is 11.8 Å². The SMILES string of the molecule is O=C(NCCc1nnc2n1CCCC2)C1CCCN(C(=O)c2ccccc2)C1. The number of aryl methyl sites for hydroxylation is 1. The molecule has 4 rings (SSSR count). The van der Waals surface area contributed by atoms with E-state index in [1.54, 1.807) is 4.90 Å². The molecule has 0 saturated carbocycles. The molecule has 1 N–H and O–H groups in total. The number of aromatic nitrogens is 3. The second-order valence-corrected chi connectivity index (χ2v) is 7.64. The van der Waals surface area contributed by atoms with Gasteiger partial charge < -0.3 is 14.8 Å². The Hall–Kier alpha value is -2.70. The molecule has 0 radical (unpaired) electrons. The molecule has 7 heteroatoms. The number of carbonyl (C=O) groups is 2. The Morgan fingerprint density at radius 3 is 2.79 bits per heavy atom. The standard InChI is InChI=1S/C21H27N5O2/c27-20(22-12-11-19-24-23-18-10-4-5-14-26(18)19)17-9-6-13-25(15-17)21(28)16-7-2-1-3-8-16/h1-3,7-8,17H,4-6,9-15H2,(H,22,27). The Bertz CT molecular complexity index is 833. The average Bonchev–Trinajstić information content (AvgIpc) is 3.17. The summed E-state index contributed by atoms with van der Waals surface area (Å²) in [5.41, 5.74) is 0.681. The molecule has 2 aromatic rings. The van der Waals surface area contributed by atoms with Gasteiger partial charge in [-0.1, -0.05) is 18.2 Å². The Labute approximate surface area is 165 Å². The Kier molecular flexibility index (Phi) is 5.69. The van der Waals surface area contributed by atoms with Gasteiger partial charge in [0.15, 0.2) is 0 Å². The summed E-state index contributed by atoms with van der Waals surface area (Å²) in [6, 6.07) is 9.28. The molecule has 7 nitrogen and oxygen atoms in total. The van der Waals surface area contributed by atoms with Crippen LogP contribution in [0.25, 0.3) is 0 Å². The first-order chi connectivity index (χ1) is 13.7. The minimum atomic E-state index is -0.145. The first kappa shape index (κ1) is 18.7. The molecule has 1 saturated heterocycles. The van der Waals surface area contributed by atoms with Gasteiger partial charge in [0.25, 0.3) is 5.91 Å². The number of nitrogens with zero attached hydrogens (tertiary/aromatic N) is 4. The number of rotatable bonds is 5. The van der Waals surface area contributed by atoms with Crippen molar-refractivity contribution in [2.24, 2.45) is 5.92 Å². The molecule has 0 spiro atoms. The lowest BCUT2D eigenvalue weighted by Crippen LogP contribution is -2.45. The van der Waals surface area contributed by atoms with E-state index in [0.29, 0.717) is 31.6 Å². The highest BCUT2D eigenvalue weighted by Crippen LogP contribution is 2.19. The van der Waals surface area contributed by atoms with Gasteiger partial charge >= 0.3 is 0 Å². The summed E-state index contributed by atoms with van der Waals surface area (Å²) in [4.78, 5) is 27.1. The van der Waals surface area contributed by atoms with Crippen LogP contribution in [0.15, 0.2) is 30.3 Å². The van der Waals surface area contributed by atoms with Gasteiger partial charge in [-0.3, -0.25) is 9.59 Å². The number of benzene rings is 1. The molecule has 0 bridgehead atoms. The van der Waals surface area contributed by atoms with E-state index in [0.717, 1.165) is 43.9 Å². The van der Waals surface area contributed by atoms with Crippen LogP contribution >= 0.6 is 0 Å². The van der Waals surface area contributed by atoms with Gasteiger partial charge in [0.1, 0.15) is 11.6 Å². The fourth-order valence-electron chi connectivity index (χ4n) is 4.13. The summed E-state index contributed by atoms with van der Waals surface area (Å²) >= 11 is 0. The molecule has 28 heavy (non-hydrogen) atoms. The van der Waals surface area contributed by atoms with Gasteiger partial charge in [-0.25, -0.2) is 0 Å². The summed E-state index contributed by atoms with van der Waals surface area (Å²) in [5.74, 6) is 1.92. The third kappa shape index (κ3) is 4.08. The quantitative estimate of drug-likeness (QED) is 0.857. The van der Waals surface area contributed by atoms with Gasteiger partial charge in [0.2, 0.25) is 5.91 Å². The molecule has 1 unspecified atom stereocenters. The summed E-state index contributed by atoms with van der Waals surface area (Å²) in [5, 5.41) is 11.6. The molecule has 1 fully saturated rings. The predicted molar refractivity (Wildman–Crippen MR) is 105 cm³/mol. The van der Waals surface area contributed by atoms with Crippen LogP contribution in [0.4, 0.5) is 0 Å². The summed E-state index contributed by atoms with van der Waals surface area (Å²) in [7, 11) is 0. The monoisotopic (exact) mass is 381 g/mol. The zero-order chi connectivity index (χ0) is 19.3. The maximum absolute atomic E-state index is 12.7. The zero-order valence-electron chi connectivity index (χ0n) is 16.1. The highest BCUT2D eigenvalue weighted by atomic mass is 16.2. The number of amides is 2. The van der Waals surface area contributed by atoms with Gasteiger partial charge in [-0.2, -0.15) is 0 Å². The lowest BCUT2D eigenvalue weighted by Gasteiger charge is -2.32. The summed E-state index contributed by atoms with van der Waals surface area (Å²) < 4.78 is 2.19. The largest absolute Gasteiger partial charge is 0.355 e. The second kappa shape index (κ2) is 8.54. The van der Waals surface area contributed by atoms with Crippen LogP contribution in [0.5, 0.6) is 0 Å². The van der Waals surface area contributed by atoms with Crippen molar-refractivity contribution in [2.75, 3.05) is 19.6 Å². The van der Waals surface area contributed by atoms with Gasteiger partial charge in [0, 0.05) is 44.6 Å². The normalized spacial score (nSPS) is 19.1. The highest BCUT2D eigenvalue weighted by molar-refractivity contribution is 5.94. The minimum Gasteiger partial charge on any atom is -0.355 e. The third-order valence-electron chi connectivity index (χ3n) is 5.68. The molecule has 0 aliphatic carbocycles. The van der Waals surface area contributed by atoms with Crippen molar-refractivity contribution < 1.29 is 9.59 Å². The molecule has 3 heterocycles. The van der Waals surface area contributed by atoms with Gasteiger partial charge in [-0.15, -0.1) is 10.2 Å². The molecule has 1 aromatic carbocycles. The molecular weight excluding hydrogens is 354 g/mol. The molecule has 1 atom stereocenters. The van der Waals surface area contributed by atoms with Crippen molar-refractivity contribution in [3.05, 3.63) is 47.5 Å². The fraction of sp³-hybridized carbons (Fsp3) is 0.524. The number of hydrogen-bond donors (Lipinski definition) is 1. The summed E-state index contributed by atoms with van der Waals surface area (Å²) in [6.45, 7) is 2.73. The van der Waals surface area contributed by atoms with Gasteiger partial charge in [0.05, 0.1) is 5.92 Å². The van der Waals surface area contributed by atoms with E-state index in [1.165, 1.54) is 6.42 Å². The van der Waals surface area contributed by atoms with Crippen molar-refractivity contribution in [1.29, 1.82) is 0 Å². The second-order valence-electron chi connectivity index (χ2n) is 7.64. The maximum Gasteiger partial charge on any atom is 0.253 e. The van der Waals surface area contributed by atoms with Gasteiger partial charge in [-0.05, 0) is 37.8 Å². The lowest BCUT2D eigenvalue weighted by atomic mass is 9.96. The van der Waals surface area contributed by atoms with Crippen molar-refractivity contribution in [3.8, 4) is 0 Å². The molecule has 2 aliphatic rings. The van der Waals surface area contributed by atoms with Crippen LogP contribution in [0.3, 0.4) is 0 Å². The van der Waals surface area contributed by atoms with E-state index >= 15 is 0 Å². The Morgan fingerprint density at radius 2 is 1.93 bits per heavy atom. The molecule has 2 amide bonds. The number of fused-ring (bicyclic) bond motifs is 1. The zero-order valence-corrected chi connectivity index (χ0v) is 16.1. The number of hydrogen-bond acceptors (Lipinski definition) is 4. The van der Waals surface area contributed by atoms with Crippen LogP contribution in [0, 0.1) is 5.92 Å². The van der Waals surface area contributed by atoms with E-state index in [1.807, 2.05) is 30.3 Å². The van der Waals surface area contributed by atoms with E-state index in [4.69, 9.17) is 0 Å². The molecule has 1 aromatic heterocycles. The van der Waals surface area contributed by atoms with Crippen LogP contribution in [-0.2, 0) is 24.2 Å². The van der Waals surface area contributed by atoms with E-state index in [9.17, 15) is 9.59 Å². The lowest BCUT2D eigenvalue weighted by molar-refractivity contribution is -0.126. The van der Waals surface area contributed by atoms with Crippen molar-refractivity contribution in [1.82, 2.24) is 25.0 Å². The molecule has 2 aliphatic heterocycles. The minimum absolute atomic E-state index is 0.00758. The van der Waals surface area contributed by atoms with Crippen LogP contribution < -0.4 is 5.32 Å². The number of piperidine rings is 1. The summed E-state index contributed by atoms with van der Waals surface area (Å²) in [6.07, 6.45) is 5.70. The topological polar surface area (TPSA) is 80.1 Å². The fourth-order valence-corrected chi connectivity index (χ4v) is 4.13. The number of carbonyl (C=O) groups excluding carboxylic acids is 2. The van der Waals surface area contributed by atoms with E-state index in [-0.39, 0.29) is 17.7 Å². The first-order valence-electron chi connectivity index (χ1n) is 10.3. The number of likely N-dealkylation sites (tertiary alicyclic amines) is 1. The molecule has 148 valence electrons. The van der Waals surface area contributed by atoms with Crippen molar-refractivity contribution in [2.45, 2.75) is 45.1 Å². The van der Waals surface area contributed by atoms with E-state index < -0.39 is 0 Å². The van der Waals surface area contributed by atoms with Crippen LogP contribution in [0.2, 0.25) is 0 Å². The van der Waals surface area contributed by atoms with Crippen LogP contribution in [-0.4, -0.2) is 51.1 Å². The third-order valence-corrected chi connectivity index (χ3v) is 5.68.